The molecular weight excluding hydrogens is 473 g/mol. The molecule has 0 aliphatic carbocycles. The first kappa shape index (κ1) is 26.4. The quantitative estimate of drug-likeness (QED) is 0.130. The number of methoxy groups -OCH3 is 1. The van der Waals surface area contributed by atoms with E-state index in [9.17, 15) is 13.6 Å². The SMILES string of the molecule is COC(=O)c1ccccc1OCc1nc2ccccc2n1CC/C(C)=C/C/C=C(\C)OC(F)(F)P. The molecule has 3 aromatic rings. The zero-order valence-electron chi connectivity index (χ0n) is 20.0. The molecule has 0 bridgehead atoms. The van der Waals surface area contributed by atoms with Crippen molar-refractivity contribution >= 4 is 26.2 Å². The monoisotopic (exact) mass is 502 g/mol. The molecule has 1 aromatic heterocycles. The minimum Gasteiger partial charge on any atom is -0.485 e. The van der Waals surface area contributed by atoms with Crippen LogP contribution in [0.2, 0.25) is 0 Å². The molecule has 0 amide bonds. The van der Waals surface area contributed by atoms with Crippen LogP contribution in [0, 0.1) is 0 Å². The Hall–Kier alpha value is -3.25. The Morgan fingerprint density at radius 2 is 1.83 bits per heavy atom. The average molecular weight is 502 g/mol. The lowest BCUT2D eigenvalue weighted by molar-refractivity contribution is -0.133. The number of imidazole rings is 1. The van der Waals surface area contributed by atoms with Gasteiger partial charge in [0.2, 0.25) is 0 Å². The van der Waals surface area contributed by atoms with Gasteiger partial charge in [-0.25, -0.2) is 9.78 Å². The smallest absolute Gasteiger partial charge is 0.408 e. The zero-order valence-corrected chi connectivity index (χ0v) is 21.1. The van der Waals surface area contributed by atoms with Gasteiger partial charge in [0.25, 0.3) is 0 Å². The second-order valence-corrected chi connectivity index (χ2v) is 8.63. The van der Waals surface area contributed by atoms with Gasteiger partial charge in [-0.2, -0.15) is 8.78 Å². The second kappa shape index (κ2) is 11.9. The molecule has 9 heteroatoms. The van der Waals surface area contributed by atoms with Crippen LogP contribution < -0.4 is 4.74 Å². The number of halogens is 2. The number of aromatic nitrogens is 2. The van der Waals surface area contributed by atoms with Crippen molar-refractivity contribution in [1.82, 2.24) is 9.55 Å². The van der Waals surface area contributed by atoms with Crippen LogP contribution in [0.3, 0.4) is 0 Å². The molecule has 186 valence electrons. The number of esters is 1. The number of carbonyl (C=O) groups excluding carboxylic acids is 1. The number of hydrogen-bond acceptors (Lipinski definition) is 5. The molecule has 0 N–H and O–H groups in total. The molecule has 1 unspecified atom stereocenters. The van der Waals surface area contributed by atoms with Crippen LogP contribution in [0.15, 0.2) is 72.0 Å². The van der Waals surface area contributed by atoms with Gasteiger partial charge in [-0.15, -0.1) is 0 Å². The minimum atomic E-state index is -3.27. The maximum atomic E-state index is 12.9. The van der Waals surface area contributed by atoms with Crippen molar-refractivity contribution in [3.63, 3.8) is 0 Å². The number of alkyl halides is 2. The first-order chi connectivity index (χ1) is 16.7. The highest BCUT2D eigenvalue weighted by molar-refractivity contribution is 7.17. The predicted octanol–water partition coefficient (Wildman–Crippen LogP) is 6.47. The second-order valence-electron chi connectivity index (χ2n) is 7.96. The normalized spacial score (nSPS) is 12.6. The third kappa shape index (κ3) is 7.62. The lowest BCUT2D eigenvalue weighted by atomic mass is 10.1. The molecular formula is C26H29F2N2O4P. The molecule has 6 nitrogen and oxygen atoms in total. The van der Waals surface area contributed by atoms with E-state index in [1.807, 2.05) is 37.3 Å². The Labute approximate surface area is 205 Å². The number of rotatable bonds is 11. The number of carbonyl (C=O) groups is 1. The van der Waals surface area contributed by atoms with Crippen molar-refractivity contribution in [2.24, 2.45) is 0 Å². The van der Waals surface area contributed by atoms with Gasteiger partial charge in [0.1, 0.15) is 23.7 Å². The number of aryl methyl sites for hydroxylation is 1. The van der Waals surface area contributed by atoms with Gasteiger partial charge in [0.05, 0.1) is 23.9 Å². The molecule has 0 saturated carbocycles. The molecule has 1 atom stereocenters. The number of benzene rings is 2. The molecule has 2 aromatic carbocycles. The predicted molar refractivity (Wildman–Crippen MR) is 134 cm³/mol. The molecule has 0 fully saturated rings. The van der Waals surface area contributed by atoms with Gasteiger partial charge in [-0.1, -0.05) is 35.9 Å². The Balaban J connectivity index is 1.73. The Morgan fingerprint density at radius 3 is 2.57 bits per heavy atom. The minimum absolute atomic E-state index is 0.168. The maximum Gasteiger partial charge on any atom is 0.408 e. The molecule has 3 rings (SSSR count). The summed E-state index contributed by atoms with van der Waals surface area (Å²) in [6.45, 7) is 4.33. The van der Waals surface area contributed by atoms with E-state index in [0.717, 1.165) is 28.9 Å². The molecule has 0 spiro atoms. The molecule has 35 heavy (non-hydrogen) atoms. The highest BCUT2D eigenvalue weighted by Gasteiger charge is 2.22. The van der Waals surface area contributed by atoms with Crippen molar-refractivity contribution in [3.8, 4) is 5.75 Å². The third-order valence-corrected chi connectivity index (χ3v) is 5.40. The largest absolute Gasteiger partial charge is 0.485 e. The van der Waals surface area contributed by atoms with Gasteiger partial charge < -0.3 is 18.8 Å². The van der Waals surface area contributed by atoms with Crippen molar-refractivity contribution in [1.29, 1.82) is 0 Å². The maximum absolute atomic E-state index is 12.9. The molecule has 0 radical (unpaired) electrons. The third-order valence-electron chi connectivity index (χ3n) is 5.28. The average Bonchev–Trinajstić information content (AvgIpc) is 3.17. The van der Waals surface area contributed by atoms with Crippen LogP contribution in [0.5, 0.6) is 5.75 Å². The van der Waals surface area contributed by atoms with Gasteiger partial charge in [0, 0.05) is 6.54 Å². The first-order valence-corrected chi connectivity index (χ1v) is 11.7. The summed E-state index contributed by atoms with van der Waals surface area (Å²) in [6.07, 6.45) is 4.82. The summed E-state index contributed by atoms with van der Waals surface area (Å²) in [6, 6.07) is 14.7. The summed E-state index contributed by atoms with van der Waals surface area (Å²) in [5.74, 6) is -2.41. The highest BCUT2D eigenvalue weighted by Crippen LogP contribution is 2.27. The van der Waals surface area contributed by atoms with Crippen molar-refractivity contribution in [2.45, 2.75) is 45.7 Å². The van der Waals surface area contributed by atoms with Crippen LogP contribution in [0.4, 0.5) is 8.78 Å². The summed E-state index contributed by atoms with van der Waals surface area (Å²) in [5, 5.41) is 0. The lowest BCUT2D eigenvalue weighted by Crippen LogP contribution is -2.10. The fourth-order valence-electron chi connectivity index (χ4n) is 3.57. The van der Waals surface area contributed by atoms with E-state index in [0.29, 0.717) is 24.3 Å². The summed E-state index contributed by atoms with van der Waals surface area (Å²) in [5.41, 5.74) is 3.28. The van der Waals surface area contributed by atoms with E-state index in [-0.39, 0.29) is 12.4 Å². The number of hydrogen-bond donors (Lipinski definition) is 0. The Bertz CT molecular complexity index is 1230. The first-order valence-electron chi connectivity index (χ1n) is 11.1. The molecule has 0 aliphatic heterocycles. The Kier molecular flexibility index (Phi) is 8.99. The summed E-state index contributed by atoms with van der Waals surface area (Å²) in [7, 11) is 2.69. The van der Waals surface area contributed by atoms with Crippen LogP contribution in [0.1, 0.15) is 42.9 Å². The number of allylic oxidation sites excluding steroid dienone is 4. The van der Waals surface area contributed by atoms with Gasteiger partial charge in [0.15, 0.2) is 0 Å². The fourth-order valence-corrected chi connectivity index (χ4v) is 3.76. The number of ether oxygens (including phenoxy) is 3. The molecule has 0 aliphatic rings. The van der Waals surface area contributed by atoms with Crippen molar-refractivity contribution < 1.29 is 27.8 Å². The van der Waals surface area contributed by atoms with Gasteiger partial charge in [-0.3, -0.25) is 0 Å². The van der Waals surface area contributed by atoms with Crippen LogP contribution in [-0.4, -0.2) is 28.5 Å². The van der Waals surface area contributed by atoms with E-state index >= 15 is 0 Å². The van der Waals surface area contributed by atoms with E-state index in [4.69, 9.17) is 14.5 Å². The van der Waals surface area contributed by atoms with E-state index in [1.54, 1.807) is 30.3 Å². The summed E-state index contributed by atoms with van der Waals surface area (Å²) in [4.78, 5) is 16.8. The van der Waals surface area contributed by atoms with Gasteiger partial charge >= 0.3 is 11.8 Å². The lowest BCUT2D eigenvalue weighted by Gasteiger charge is -2.13. The van der Waals surface area contributed by atoms with Crippen LogP contribution in [-0.2, 0) is 22.6 Å². The van der Waals surface area contributed by atoms with Gasteiger partial charge in [-0.05, 0) is 66.3 Å². The van der Waals surface area contributed by atoms with Crippen molar-refractivity contribution in [2.75, 3.05) is 7.11 Å². The molecule has 0 saturated heterocycles. The zero-order chi connectivity index (χ0) is 25.4. The number of nitrogens with zero attached hydrogens (tertiary/aromatic N) is 2. The Morgan fingerprint density at radius 1 is 1.11 bits per heavy atom. The molecule has 1 heterocycles. The van der Waals surface area contributed by atoms with E-state index in [1.165, 1.54) is 23.3 Å². The topological polar surface area (TPSA) is 62.6 Å². The number of fused-ring (bicyclic) bond motifs is 1. The number of para-hydroxylation sites is 3. The fraction of sp³-hybridized carbons (Fsp3) is 0.308. The van der Waals surface area contributed by atoms with Crippen molar-refractivity contribution in [3.05, 3.63) is 83.4 Å². The van der Waals surface area contributed by atoms with E-state index in [2.05, 4.69) is 9.30 Å². The standard InChI is InChI=1S/C26H29F2N2O4P/c1-18(9-8-10-19(2)34-26(27,28)35)15-16-30-22-13-6-5-12-21(22)29-24(30)17-33-23-14-7-4-11-20(23)25(31)32-3/h4-7,9-14H,8,15-17,35H2,1-3H3/b18-9+,19-10+. The van der Waals surface area contributed by atoms with Crippen LogP contribution >= 0.6 is 9.24 Å². The van der Waals surface area contributed by atoms with E-state index < -0.39 is 11.8 Å². The highest BCUT2D eigenvalue weighted by atomic mass is 31.0. The summed E-state index contributed by atoms with van der Waals surface area (Å²) >= 11 is 0. The van der Waals surface area contributed by atoms with Crippen LogP contribution in [0.25, 0.3) is 11.0 Å². The summed E-state index contributed by atoms with van der Waals surface area (Å²) < 4.78 is 43.2.